The minimum absolute atomic E-state index is 0.620. The standard InChI is InChI=1S/C49H32N4/c1-3-14-33(15-4-1)35-26-28-36(29-27-35)47-50-48(39-20-13-19-37(30-39)34-16-5-2-6-17-34)52-49(51-47)40-31-38-18-7-8-21-41(38)46(32-40)53-44-24-11-9-22-42(44)43-23-10-12-25-45(43)53/h1-32H. The predicted octanol–water partition coefficient (Wildman–Crippen LogP) is 12.5. The lowest BCUT2D eigenvalue weighted by molar-refractivity contribution is 1.07. The van der Waals surface area contributed by atoms with Crippen molar-refractivity contribution in [2.24, 2.45) is 0 Å². The van der Waals surface area contributed by atoms with E-state index in [1.807, 2.05) is 12.1 Å². The van der Waals surface area contributed by atoms with Crippen molar-refractivity contribution < 1.29 is 0 Å². The van der Waals surface area contributed by atoms with E-state index in [-0.39, 0.29) is 0 Å². The zero-order valence-electron chi connectivity index (χ0n) is 28.8. The Balaban J connectivity index is 1.19. The molecule has 0 N–H and O–H groups in total. The summed E-state index contributed by atoms with van der Waals surface area (Å²) < 4.78 is 2.38. The lowest BCUT2D eigenvalue weighted by Gasteiger charge is -2.15. The number of nitrogens with zero attached hydrogens (tertiary/aromatic N) is 4. The van der Waals surface area contributed by atoms with Crippen LogP contribution in [0.15, 0.2) is 194 Å². The van der Waals surface area contributed by atoms with E-state index in [9.17, 15) is 0 Å². The fourth-order valence-electron chi connectivity index (χ4n) is 7.46. The average molecular weight is 677 g/mol. The van der Waals surface area contributed by atoms with Crippen LogP contribution < -0.4 is 0 Å². The van der Waals surface area contributed by atoms with Gasteiger partial charge in [0.25, 0.3) is 0 Å². The first-order chi connectivity index (χ1) is 26.3. The Kier molecular flexibility index (Phi) is 7.43. The monoisotopic (exact) mass is 676 g/mol. The molecular formula is C49H32N4. The number of rotatable bonds is 6. The maximum Gasteiger partial charge on any atom is 0.164 e. The predicted molar refractivity (Wildman–Crippen MR) is 219 cm³/mol. The van der Waals surface area contributed by atoms with Gasteiger partial charge < -0.3 is 4.57 Å². The van der Waals surface area contributed by atoms with E-state index in [4.69, 9.17) is 15.0 Å². The summed E-state index contributed by atoms with van der Waals surface area (Å²) in [5.41, 5.74) is 10.7. The van der Waals surface area contributed by atoms with Gasteiger partial charge >= 0.3 is 0 Å². The molecule has 4 nitrogen and oxygen atoms in total. The van der Waals surface area contributed by atoms with Crippen LogP contribution in [0.2, 0.25) is 0 Å². The summed E-state index contributed by atoms with van der Waals surface area (Å²) in [6.07, 6.45) is 0. The molecule has 0 unspecified atom stereocenters. The molecule has 0 amide bonds. The summed E-state index contributed by atoms with van der Waals surface area (Å²) in [4.78, 5) is 15.6. The van der Waals surface area contributed by atoms with Crippen molar-refractivity contribution in [2.75, 3.05) is 0 Å². The quantitative estimate of drug-likeness (QED) is 0.176. The van der Waals surface area contributed by atoms with E-state index in [1.165, 1.54) is 16.3 Å². The molecule has 0 fully saturated rings. The van der Waals surface area contributed by atoms with Crippen LogP contribution in [-0.2, 0) is 0 Å². The third-order valence-corrected chi connectivity index (χ3v) is 10.0. The molecule has 8 aromatic carbocycles. The van der Waals surface area contributed by atoms with E-state index < -0.39 is 0 Å². The largest absolute Gasteiger partial charge is 0.309 e. The van der Waals surface area contributed by atoms with Gasteiger partial charge in [-0.05, 0) is 58.0 Å². The van der Waals surface area contributed by atoms with E-state index in [2.05, 4.69) is 187 Å². The van der Waals surface area contributed by atoms with Crippen molar-refractivity contribution in [2.45, 2.75) is 0 Å². The number of para-hydroxylation sites is 2. The molecule has 2 aromatic heterocycles. The van der Waals surface area contributed by atoms with E-state index >= 15 is 0 Å². The van der Waals surface area contributed by atoms with Crippen molar-refractivity contribution in [3.05, 3.63) is 194 Å². The second kappa shape index (κ2) is 12.9. The highest BCUT2D eigenvalue weighted by Crippen LogP contribution is 2.37. The van der Waals surface area contributed by atoms with Crippen LogP contribution in [0.25, 0.3) is 94.7 Å². The van der Waals surface area contributed by atoms with Gasteiger partial charge in [0.05, 0.1) is 16.7 Å². The Bertz CT molecular complexity index is 2880. The Morgan fingerprint density at radius 1 is 0.283 bits per heavy atom. The minimum atomic E-state index is 0.620. The number of fused-ring (bicyclic) bond motifs is 4. The van der Waals surface area contributed by atoms with Gasteiger partial charge in [-0.3, -0.25) is 0 Å². The van der Waals surface area contributed by atoms with Gasteiger partial charge in [-0.1, -0.05) is 164 Å². The summed E-state index contributed by atoms with van der Waals surface area (Å²) >= 11 is 0. The maximum absolute atomic E-state index is 5.22. The molecule has 0 saturated heterocycles. The molecule has 2 heterocycles. The number of benzene rings is 8. The topological polar surface area (TPSA) is 43.6 Å². The minimum Gasteiger partial charge on any atom is -0.309 e. The molecule has 0 aliphatic carbocycles. The Labute approximate surface area is 307 Å². The molecular weight excluding hydrogens is 645 g/mol. The molecule has 10 aromatic rings. The first-order valence-electron chi connectivity index (χ1n) is 17.9. The van der Waals surface area contributed by atoms with Crippen LogP contribution in [0.4, 0.5) is 0 Å². The molecule has 248 valence electrons. The van der Waals surface area contributed by atoms with Gasteiger partial charge in [0, 0.05) is 32.8 Å². The summed E-state index contributed by atoms with van der Waals surface area (Å²) in [7, 11) is 0. The fourth-order valence-corrected chi connectivity index (χ4v) is 7.46. The fraction of sp³-hybridized carbons (Fsp3) is 0. The van der Waals surface area contributed by atoms with Gasteiger partial charge in [-0.15, -0.1) is 0 Å². The maximum atomic E-state index is 5.22. The highest BCUT2D eigenvalue weighted by molar-refractivity contribution is 6.11. The first-order valence-corrected chi connectivity index (χ1v) is 17.9. The van der Waals surface area contributed by atoms with Crippen LogP contribution in [0.1, 0.15) is 0 Å². The molecule has 0 spiro atoms. The molecule has 4 heteroatoms. The van der Waals surface area contributed by atoms with Gasteiger partial charge in [-0.25, -0.2) is 15.0 Å². The summed E-state index contributed by atoms with van der Waals surface area (Å²) in [5, 5.41) is 4.71. The summed E-state index contributed by atoms with van der Waals surface area (Å²) in [6.45, 7) is 0. The zero-order chi connectivity index (χ0) is 35.1. The van der Waals surface area contributed by atoms with E-state index in [1.54, 1.807) is 0 Å². The summed E-state index contributed by atoms with van der Waals surface area (Å²) in [6, 6.07) is 68.1. The molecule has 10 rings (SSSR count). The van der Waals surface area contributed by atoms with Crippen molar-refractivity contribution >= 4 is 32.6 Å². The molecule has 0 bridgehead atoms. The molecule has 53 heavy (non-hydrogen) atoms. The van der Waals surface area contributed by atoms with Gasteiger partial charge in [0.2, 0.25) is 0 Å². The van der Waals surface area contributed by atoms with Crippen molar-refractivity contribution in [3.63, 3.8) is 0 Å². The third kappa shape index (κ3) is 5.54. The normalized spacial score (nSPS) is 11.4. The van der Waals surface area contributed by atoms with Crippen molar-refractivity contribution in [1.29, 1.82) is 0 Å². The van der Waals surface area contributed by atoms with Gasteiger partial charge in [-0.2, -0.15) is 0 Å². The molecule has 0 saturated carbocycles. The number of hydrogen-bond donors (Lipinski definition) is 0. The van der Waals surface area contributed by atoms with Crippen molar-refractivity contribution in [3.8, 4) is 62.1 Å². The molecule has 0 atom stereocenters. The van der Waals surface area contributed by atoms with Crippen LogP contribution >= 0.6 is 0 Å². The second-order valence-corrected chi connectivity index (χ2v) is 13.3. The Morgan fingerprint density at radius 2 is 0.736 bits per heavy atom. The van der Waals surface area contributed by atoms with E-state index in [0.29, 0.717) is 17.5 Å². The van der Waals surface area contributed by atoms with Crippen LogP contribution in [0.3, 0.4) is 0 Å². The highest BCUT2D eigenvalue weighted by atomic mass is 15.0. The van der Waals surface area contributed by atoms with Crippen molar-refractivity contribution in [1.82, 2.24) is 19.5 Å². The average Bonchev–Trinajstić information content (AvgIpc) is 3.58. The van der Waals surface area contributed by atoms with Gasteiger partial charge in [0.15, 0.2) is 17.5 Å². The zero-order valence-corrected chi connectivity index (χ0v) is 28.8. The lowest BCUT2D eigenvalue weighted by atomic mass is 10.0. The Morgan fingerprint density at radius 3 is 1.40 bits per heavy atom. The molecule has 0 aliphatic rings. The Hall–Kier alpha value is -7.17. The van der Waals surface area contributed by atoms with Crippen LogP contribution in [0, 0.1) is 0 Å². The molecule has 0 radical (unpaired) electrons. The second-order valence-electron chi connectivity index (χ2n) is 13.3. The molecule has 0 aliphatic heterocycles. The lowest BCUT2D eigenvalue weighted by Crippen LogP contribution is -2.02. The van der Waals surface area contributed by atoms with Crippen LogP contribution in [0.5, 0.6) is 0 Å². The van der Waals surface area contributed by atoms with Gasteiger partial charge in [0.1, 0.15) is 0 Å². The SMILES string of the molecule is c1ccc(-c2ccc(-c3nc(-c4cccc(-c5ccccc5)c4)nc(-c4cc(-n5c6ccccc6c6ccccc65)c5ccccc5c4)n3)cc2)cc1. The smallest absolute Gasteiger partial charge is 0.164 e. The number of aromatic nitrogens is 4. The third-order valence-electron chi connectivity index (χ3n) is 10.0. The first kappa shape index (κ1) is 30.6. The summed E-state index contributed by atoms with van der Waals surface area (Å²) in [5.74, 6) is 1.87. The number of hydrogen-bond acceptors (Lipinski definition) is 3. The van der Waals surface area contributed by atoms with Crippen LogP contribution in [-0.4, -0.2) is 19.5 Å². The highest BCUT2D eigenvalue weighted by Gasteiger charge is 2.18. The van der Waals surface area contributed by atoms with E-state index in [0.717, 1.165) is 60.9 Å².